The molecule has 0 aliphatic carbocycles. The van der Waals surface area contributed by atoms with E-state index in [4.69, 9.17) is 15.2 Å². The summed E-state index contributed by atoms with van der Waals surface area (Å²) in [5.41, 5.74) is 7.06. The maximum Gasteiger partial charge on any atom is 0.206 e. The van der Waals surface area contributed by atoms with Gasteiger partial charge in [0.1, 0.15) is 11.5 Å². The quantitative estimate of drug-likeness (QED) is 0.878. The van der Waals surface area contributed by atoms with Gasteiger partial charge in [-0.05, 0) is 36.8 Å². The van der Waals surface area contributed by atoms with Gasteiger partial charge in [-0.2, -0.15) is 0 Å². The molecule has 6 heteroatoms. The van der Waals surface area contributed by atoms with Crippen LogP contribution in [0.4, 0.5) is 5.69 Å². The van der Waals surface area contributed by atoms with E-state index in [-0.39, 0.29) is 9.79 Å². The van der Waals surface area contributed by atoms with Crippen LogP contribution in [0.3, 0.4) is 0 Å². The molecule has 0 aliphatic rings. The molecule has 0 saturated carbocycles. The molecule has 2 N–H and O–H groups in total. The number of hydrogen-bond acceptors (Lipinski definition) is 5. The third kappa shape index (κ3) is 2.95. The van der Waals surface area contributed by atoms with Crippen molar-refractivity contribution in [3.05, 3.63) is 42.0 Å². The van der Waals surface area contributed by atoms with Gasteiger partial charge in [0.25, 0.3) is 0 Å². The zero-order chi connectivity index (χ0) is 15.6. The van der Waals surface area contributed by atoms with E-state index in [1.165, 1.54) is 38.5 Å². The standard InChI is InChI=1S/C15H17NO4S/c1-10-4-5-13(9-15(10)16)21(17,18)14-7-11(19-2)6-12(8-14)20-3/h4-9H,16H2,1-3H3. The molecule has 0 saturated heterocycles. The number of hydrogen-bond donors (Lipinski definition) is 1. The first kappa shape index (κ1) is 15.2. The zero-order valence-electron chi connectivity index (χ0n) is 12.1. The van der Waals surface area contributed by atoms with Gasteiger partial charge >= 0.3 is 0 Å². The minimum Gasteiger partial charge on any atom is -0.497 e. The number of rotatable bonds is 4. The van der Waals surface area contributed by atoms with Crippen LogP contribution in [0.15, 0.2) is 46.2 Å². The minimum absolute atomic E-state index is 0.0990. The SMILES string of the molecule is COc1cc(OC)cc(S(=O)(=O)c2ccc(C)c(N)c2)c1. The number of benzene rings is 2. The number of aryl methyl sites for hydroxylation is 1. The van der Waals surface area contributed by atoms with Crippen LogP contribution in [0, 0.1) is 6.92 Å². The zero-order valence-corrected chi connectivity index (χ0v) is 12.9. The van der Waals surface area contributed by atoms with Crippen LogP contribution in [0.5, 0.6) is 11.5 Å². The van der Waals surface area contributed by atoms with Gasteiger partial charge in [-0.25, -0.2) is 8.42 Å². The molecule has 0 fully saturated rings. The van der Waals surface area contributed by atoms with Crippen LogP contribution >= 0.6 is 0 Å². The Morgan fingerprint density at radius 1 is 0.905 bits per heavy atom. The Kier molecular flexibility index (Phi) is 4.09. The van der Waals surface area contributed by atoms with Crippen molar-refractivity contribution in [2.24, 2.45) is 0 Å². The molecule has 112 valence electrons. The van der Waals surface area contributed by atoms with Crippen LogP contribution in [-0.4, -0.2) is 22.6 Å². The van der Waals surface area contributed by atoms with Crippen molar-refractivity contribution in [2.45, 2.75) is 16.7 Å². The lowest BCUT2D eigenvalue weighted by Crippen LogP contribution is -2.04. The third-order valence-corrected chi connectivity index (χ3v) is 4.93. The van der Waals surface area contributed by atoms with Crippen LogP contribution in [0.25, 0.3) is 0 Å². The summed E-state index contributed by atoms with van der Waals surface area (Å²) in [6.07, 6.45) is 0. The normalized spacial score (nSPS) is 11.2. The van der Waals surface area contributed by atoms with Gasteiger partial charge in [0.2, 0.25) is 9.84 Å². The second-order valence-electron chi connectivity index (χ2n) is 4.57. The van der Waals surface area contributed by atoms with E-state index in [0.29, 0.717) is 17.2 Å². The fraction of sp³-hybridized carbons (Fsp3) is 0.200. The van der Waals surface area contributed by atoms with Gasteiger partial charge in [0.15, 0.2) is 0 Å². The molecule has 0 bridgehead atoms. The van der Waals surface area contributed by atoms with Gasteiger partial charge < -0.3 is 15.2 Å². The molecule has 5 nitrogen and oxygen atoms in total. The van der Waals surface area contributed by atoms with Crippen LogP contribution in [0.2, 0.25) is 0 Å². The number of nitrogen functional groups attached to an aromatic ring is 1. The summed E-state index contributed by atoms with van der Waals surface area (Å²) in [7, 11) is -0.749. The Morgan fingerprint density at radius 3 is 1.95 bits per heavy atom. The van der Waals surface area contributed by atoms with E-state index >= 15 is 0 Å². The summed E-state index contributed by atoms with van der Waals surface area (Å²) in [6, 6.07) is 9.19. The van der Waals surface area contributed by atoms with Crippen LogP contribution < -0.4 is 15.2 Å². The Balaban J connectivity index is 2.60. The molecule has 0 radical (unpaired) electrons. The number of ether oxygens (including phenoxy) is 2. The highest BCUT2D eigenvalue weighted by atomic mass is 32.2. The van der Waals surface area contributed by atoms with E-state index in [2.05, 4.69) is 0 Å². The van der Waals surface area contributed by atoms with Crippen molar-refractivity contribution in [3.8, 4) is 11.5 Å². The number of methoxy groups -OCH3 is 2. The number of sulfone groups is 1. The maximum absolute atomic E-state index is 12.7. The van der Waals surface area contributed by atoms with Crippen LogP contribution in [0.1, 0.15) is 5.56 Å². The Morgan fingerprint density at radius 2 is 1.48 bits per heavy atom. The molecule has 0 aliphatic heterocycles. The molecule has 21 heavy (non-hydrogen) atoms. The summed E-state index contributed by atoms with van der Waals surface area (Å²) < 4.78 is 35.5. The summed E-state index contributed by atoms with van der Waals surface area (Å²) >= 11 is 0. The molecule has 2 aromatic rings. The second kappa shape index (κ2) is 5.65. The van der Waals surface area contributed by atoms with Gasteiger partial charge in [-0.15, -0.1) is 0 Å². The number of anilines is 1. The Labute approximate surface area is 124 Å². The fourth-order valence-corrected chi connectivity index (χ4v) is 3.20. The molecule has 2 aromatic carbocycles. The molecule has 0 spiro atoms. The highest BCUT2D eigenvalue weighted by Gasteiger charge is 2.20. The highest BCUT2D eigenvalue weighted by Crippen LogP contribution is 2.30. The third-order valence-electron chi connectivity index (χ3n) is 3.20. The van der Waals surface area contributed by atoms with Crippen molar-refractivity contribution in [3.63, 3.8) is 0 Å². The first-order chi connectivity index (χ1) is 9.88. The van der Waals surface area contributed by atoms with E-state index in [0.717, 1.165) is 5.56 Å². The van der Waals surface area contributed by atoms with Crippen LogP contribution in [-0.2, 0) is 9.84 Å². The molecule has 0 atom stereocenters. The lowest BCUT2D eigenvalue weighted by Gasteiger charge is -2.10. The van der Waals surface area contributed by atoms with E-state index in [1.807, 2.05) is 6.92 Å². The summed E-state index contributed by atoms with van der Waals surface area (Å²) in [5, 5.41) is 0. The number of nitrogens with two attached hydrogens (primary N) is 1. The maximum atomic E-state index is 12.7. The van der Waals surface area contributed by atoms with Crippen molar-refractivity contribution in [1.29, 1.82) is 0 Å². The molecule has 2 rings (SSSR count). The summed E-state index contributed by atoms with van der Waals surface area (Å²) in [5.74, 6) is 0.820. The van der Waals surface area contributed by atoms with Gasteiger partial charge in [0.05, 0.1) is 24.0 Å². The predicted octanol–water partition coefficient (Wildman–Crippen LogP) is 2.43. The first-order valence-electron chi connectivity index (χ1n) is 6.23. The van der Waals surface area contributed by atoms with E-state index in [9.17, 15) is 8.42 Å². The minimum atomic E-state index is -3.68. The lowest BCUT2D eigenvalue weighted by molar-refractivity contribution is 0.392. The smallest absolute Gasteiger partial charge is 0.206 e. The topological polar surface area (TPSA) is 78.6 Å². The van der Waals surface area contributed by atoms with Crippen molar-refractivity contribution >= 4 is 15.5 Å². The average Bonchev–Trinajstić information content (AvgIpc) is 2.49. The predicted molar refractivity (Wildman–Crippen MR) is 80.6 cm³/mol. The van der Waals surface area contributed by atoms with Gasteiger partial charge in [0, 0.05) is 11.8 Å². The summed E-state index contributed by atoms with van der Waals surface area (Å²) in [4.78, 5) is 0.239. The molecule has 0 aromatic heterocycles. The van der Waals surface area contributed by atoms with Crippen molar-refractivity contribution in [1.82, 2.24) is 0 Å². The van der Waals surface area contributed by atoms with Gasteiger partial charge in [-0.1, -0.05) is 6.07 Å². The Bertz CT molecular complexity index is 747. The highest BCUT2D eigenvalue weighted by molar-refractivity contribution is 7.91. The molecule has 0 amide bonds. The van der Waals surface area contributed by atoms with E-state index < -0.39 is 9.84 Å². The van der Waals surface area contributed by atoms with Crippen molar-refractivity contribution in [2.75, 3.05) is 20.0 Å². The molecular weight excluding hydrogens is 290 g/mol. The van der Waals surface area contributed by atoms with Crippen molar-refractivity contribution < 1.29 is 17.9 Å². The second-order valence-corrected chi connectivity index (χ2v) is 6.52. The monoisotopic (exact) mass is 307 g/mol. The molecule has 0 unspecified atom stereocenters. The first-order valence-corrected chi connectivity index (χ1v) is 7.71. The summed E-state index contributed by atoms with van der Waals surface area (Å²) in [6.45, 7) is 1.82. The lowest BCUT2D eigenvalue weighted by atomic mass is 10.2. The largest absolute Gasteiger partial charge is 0.497 e. The average molecular weight is 307 g/mol. The molecular formula is C15H17NO4S. The Hall–Kier alpha value is -2.21. The van der Waals surface area contributed by atoms with Gasteiger partial charge in [-0.3, -0.25) is 0 Å². The fourth-order valence-electron chi connectivity index (χ4n) is 1.86. The van der Waals surface area contributed by atoms with E-state index in [1.54, 1.807) is 12.1 Å². The molecule has 0 heterocycles.